The van der Waals surface area contributed by atoms with Gasteiger partial charge in [-0.25, -0.2) is 0 Å². The summed E-state index contributed by atoms with van der Waals surface area (Å²) < 4.78 is 41.2. The van der Waals surface area contributed by atoms with Gasteiger partial charge in [-0.3, -0.25) is 0 Å². The molecule has 0 saturated heterocycles. The fraction of sp³-hybridized carbons (Fsp3) is 0.455. The number of ether oxygens (including phenoxy) is 1. The molecule has 1 N–H and O–H groups in total. The Kier molecular flexibility index (Phi) is 4.82. The average molecular weight is 312 g/mol. The van der Waals surface area contributed by atoms with Crippen LogP contribution in [0.2, 0.25) is 0 Å². The first-order chi connectivity index (χ1) is 7.78. The molecular weight excluding hydrogens is 299 g/mol. The number of halogens is 4. The van der Waals surface area contributed by atoms with E-state index in [9.17, 15) is 13.2 Å². The molecule has 2 nitrogen and oxygen atoms in total. The van der Waals surface area contributed by atoms with Crippen LogP contribution in [0.25, 0.3) is 0 Å². The van der Waals surface area contributed by atoms with Gasteiger partial charge < -0.3 is 10.1 Å². The average Bonchev–Trinajstić information content (AvgIpc) is 2.16. The first-order valence-electron chi connectivity index (χ1n) is 5.05. The van der Waals surface area contributed by atoms with Gasteiger partial charge in [-0.2, -0.15) is 0 Å². The highest BCUT2D eigenvalue weighted by Gasteiger charge is 2.32. The minimum Gasteiger partial charge on any atom is -0.405 e. The van der Waals surface area contributed by atoms with Crippen LogP contribution < -0.4 is 10.1 Å². The molecule has 0 spiro atoms. The van der Waals surface area contributed by atoms with Gasteiger partial charge in [0.1, 0.15) is 5.75 Å². The van der Waals surface area contributed by atoms with Crippen molar-refractivity contribution in [3.05, 3.63) is 28.2 Å². The summed E-state index contributed by atoms with van der Waals surface area (Å²) in [5.74, 6) is -0.172. The monoisotopic (exact) mass is 311 g/mol. The molecule has 0 fully saturated rings. The summed E-state index contributed by atoms with van der Waals surface area (Å²) in [7, 11) is 0. The lowest BCUT2D eigenvalue weighted by molar-refractivity contribution is -0.274. The minimum atomic E-state index is -4.67. The Balaban J connectivity index is 2.87. The second-order valence-electron chi connectivity index (χ2n) is 3.84. The van der Waals surface area contributed by atoms with Crippen molar-refractivity contribution >= 4 is 15.9 Å². The Bertz CT molecular complexity index is 379. The number of hydrogen-bond acceptors (Lipinski definition) is 2. The summed E-state index contributed by atoms with van der Waals surface area (Å²) in [5.41, 5.74) is 0.463. The van der Waals surface area contributed by atoms with E-state index >= 15 is 0 Å². The number of benzene rings is 1. The van der Waals surface area contributed by atoms with Crippen molar-refractivity contribution in [1.29, 1.82) is 0 Å². The lowest BCUT2D eigenvalue weighted by Gasteiger charge is -2.15. The van der Waals surface area contributed by atoms with Crippen molar-refractivity contribution in [3.63, 3.8) is 0 Å². The van der Waals surface area contributed by atoms with E-state index in [4.69, 9.17) is 0 Å². The van der Waals surface area contributed by atoms with Crippen molar-refractivity contribution in [2.45, 2.75) is 32.8 Å². The van der Waals surface area contributed by atoms with Crippen LogP contribution in [0, 0.1) is 0 Å². The zero-order valence-corrected chi connectivity index (χ0v) is 11.0. The summed E-state index contributed by atoms with van der Waals surface area (Å²) >= 11 is 3.22. The molecule has 0 bridgehead atoms. The van der Waals surface area contributed by atoms with E-state index in [1.54, 1.807) is 6.07 Å². The van der Waals surface area contributed by atoms with Gasteiger partial charge in [0.25, 0.3) is 0 Å². The summed E-state index contributed by atoms with van der Waals surface area (Å²) in [5, 5.41) is 3.05. The third kappa shape index (κ3) is 5.41. The number of nitrogens with one attached hydrogen (secondary N) is 1. The molecule has 96 valence electrons. The van der Waals surface area contributed by atoms with Crippen molar-refractivity contribution in [1.82, 2.24) is 5.32 Å². The summed E-state index contributed by atoms with van der Waals surface area (Å²) in [6.45, 7) is 4.16. The smallest absolute Gasteiger partial charge is 0.405 e. The van der Waals surface area contributed by atoms with Crippen LogP contribution in [0.4, 0.5) is 13.2 Å². The maximum atomic E-state index is 12.2. The van der Waals surface area contributed by atoms with Crippen molar-refractivity contribution in [2.24, 2.45) is 0 Å². The molecule has 0 unspecified atom stereocenters. The Hall–Kier alpha value is -0.750. The van der Waals surface area contributed by atoms with Crippen molar-refractivity contribution in [3.8, 4) is 5.75 Å². The maximum absolute atomic E-state index is 12.2. The molecule has 0 atom stereocenters. The molecule has 0 amide bonds. The normalized spacial score (nSPS) is 11.9. The van der Waals surface area contributed by atoms with Crippen LogP contribution in [0.15, 0.2) is 22.7 Å². The number of rotatable bonds is 4. The molecular formula is C11H13BrF3NO. The third-order valence-corrected chi connectivity index (χ3v) is 2.44. The first-order valence-corrected chi connectivity index (χ1v) is 5.85. The first kappa shape index (κ1) is 14.3. The number of alkyl halides is 3. The predicted molar refractivity (Wildman–Crippen MR) is 62.8 cm³/mol. The highest BCUT2D eigenvalue weighted by molar-refractivity contribution is 9.10. The van der Waals surface area contributed by atoms with Crippen molar-refractivity contribution < 1.29 is 17.9 Å². The molecule has 0 saturated carbocycles. The highest BCUT2D eigenvalue weighted by atomic mass is 79.9. The molecule has 1 aromatic carbocycles. The summed E-state index contributed by atoms with van der Waals surface area (Å²) in [4.78, 5) is 0. The molecule has 0 aliphatic heterocycles. The van der Waals surface area contributed by atoms with Gasteiger partial charge in [0.05, 0.1) is 0 Å². The largest absolute Gasteiger partial charge is 0.573 e. The SMILES string of the molecule is CC(C)NCc1cc(Br)ccc1OC(F)(F)F. The molecule has 0 aromatic heterocycles. The van der Waals surface area contributed by atoms with E-state index in [0.717, 1.165) is 0 Å². The maximum Gasteiger partial charge on any atom is 0.573 e. The highest BCUT2D eigenvalue weighted by Crippen LogP contribution is 2.28. The van der Waals surface area contributed by atoms with Gasteiger partial charge in [-0.1, -0.05) is 29.8 Å². The minimum absolute atomic E-state index is 0.172. The van der Waals surface area contributed by atoms with E-state index in [0.29, 0.717) is 16.6 Å². The molecule has 17 heavy (non-hydrogen) atoms. The fourth-order valence-electron chi connectivity index (χ4n) is 1.22. The van der Waals surface area contributed by atoms with E-state index in [-0.39, 0.29) is 11.8 Å². The predicted octanol–water partition coefficient (Wildman–Crippen LogP) is 3.85. The molecule has 0 heterocycles. The van der Waals surface area contributed by atoms with E-state index < -0.39 is 6.36 Å². The lowest BCUT2D eigenvalue weighted by atomic mass is 10.2. The van der Waals surface area contributed by atoms with Crippen LogP contribution in [-0.2, 0) is 6.54 Å². The van der Waals surface area contributed by atoms with Crippen LogP contribution >= 0.6 is 15.9 Å². The van der Waals surface area contributed by atoms with Crippen LogP contribution in [0.5, 0.6) is 5.75 Å². The second-order valence-corrected chi connectivity index (χ2v) is 4.75. The van der Waals surface area contributed by atoms with Crippen LogP contribution in [-0.4, -0.2) is 12.4 Å². The Morgan fingerprint density at radius 1 is 1.35 bits per heavy atom. The molecule has 1 rings (SSSR count). The van der Waals surface area contributed by atoms with Gasteiger partial charge in [-0.05, 0) is 18.2 Å². The van der Waals surface area contributed by atoms with E-state index in [2.05, 4.69) is 26.0 Å². The molecule has 0 radical (unpaired) electrons. The zero-order valence-electron chi connectivity index (χ0n) is 9.44. The quantitative estimate of drug-likeness (QED) is 0.912. The van der Waals surface area contributed by atoms with Gasteiger partial charge in [-0.15, -0.1) is 13.2 Å². The fourth-order valence-corrected chi connectivity index (χ4v) is 1.63. The topological polar surface area (TPSA) is 21.3 Å². The molecule has 1 aromatic rings. The standard InChI is InChI=1S/C11H13BrF3NO/c1-7(2)16-6-8-5-9(12)3-4-10(8)17-11(13,14)15/h3-5,7,16H,6H2,1-2H3. The molecule has 0 aliphatic rings. The van der Waals surface area contributed by atoms with Crippen LogP contribution in [0.3, 0.4) is 0 Å². The van der Waals surface area contributed by atoms with Gasteiger partial charge in [0, 0.05) is 22.6 Å². The van der Waals surface area contributed by atoms with Crippen molar-refractivity contribution in [2.75, 3.05) is 0 Å². The second kappa shape index (κ2) is 5.73. The van der Waals surface area contributed by atoms with E-state index in [1.807, 2.05) is 13.8 Å². The van der Waals surface area contributed by atoms with Gasteiger partial charge in [0.15, 0.2) is 0 Å². The van der Waals surface area contributed by atoms with Gasteiger partial charge in [0.2, 0.25) is 0 Å². The lowest BCUT2D eigenvalue weighted by Crippen LogP contribution is -2.23. The molecule has 0 aliphatic carbocycles. The summed E-state index contributed by atoms with van der Waals surface area (Å²) in [6, 6.07) is 4.61. The van der Waals surface area contributed by atoms with Gasteiger partial charge >= 0.3 is 6.36 Å². The summed E-state index contributed by atoms with van der Waals surface area (Å²) in [6.07, 6.45) is -4.67. The Morgan fingerprint density at radius 3 is 2.53 bits per heavy atom. The number of hydrogen-bond donors (Lipinski definition) is 1. The Morgan fingerprint density at radius 2 is 2.00 bits per heavy atom. The molecule has 6 heteroatoms. The Labute approximate surface area is 106 Å². The van der Waals surface area contributed by atoms with E-state index in [1.165, 1.54) is 12.1 Å². The third-order valence-electron chi connectivity index (χ3n) is 1.95. The van der Waals surface area contributed by atoms with Crippen LogP contribution in [0.1, 0.15) is 19.4 Å². The zero-order chi connectivity index (χ0) is 13.1.